The summed E-state index contributed by atoms with van der Waals surface area (Å²) in [7, 11) is 2.12. The third kappa shape index (κ3) is 5.19. The fourth-order valence-corrected chi connectivity index (χ4v) is 5.81. The van der Waals surface area contributed by atoms with E-state index in [0.29, 0.717) is 18.4 Å². The standard InChI is InChI=1S/C32H36N6O2/c1-3-27-29(22-11-15-26(16-12-22)40-25-8-5-4-6-9-25)30-31(33)34-21-35-32(30)38(27)24-17-19-37(20-24)28(39)10-7-18-36(2)23-13-14-23/h4-12,15-16,21,23-24H,3,13-14,17-20H2,1-2H3,(H2,33,34,35). The van der Waals surface area contributed by atoms with E-state index in [4.69, 9.17) is 15.5 Å². The van der Waals surface area contributed by atoms with E-state index >= 15 is 0 Å². The number of nitrogens with two attached hydrogens (primary N) is 1. The van der Waals surface area contributed by atoms with Gasteiger partial charge in [0.25, 0.3) is 0 Å². The van der Waals surface area contributed by atoms with E-state index < -0.39 is 0 Å². The first kappa shape index (κ1) is 26.1. The van der Waals surface area contributed by atoms with Crippen LogP contribution in [-0.2, 0) is 11.2 Å². The summed E-state index contributed by atoms with van der Waals surface area (Å²) >= 11 is 0. The Kier molecular flexibility index (Phi) is 7.26. The number of likely N-dealkylation sites (tertiary alicyclic amines) is 1. The van der Waals surface area contributed by atoms with E-state index in [-0.39, 0.29) is 11.9 Å². The molecular formula is C32H36N6O2. The van der Waals surface area contributed by atoms with Crippen LogP contribution in [0.1, 0.15) is 37.9 Å². The SMILES string of the molecule is CCc1c(-c2ccc(Oc3ccccc3)cc2)c2c(N)ncnc2n1C1CCN(C(=O)C=CCN(C)C2CC2)C1. The number of aromatic nitrogens is 3. The van der Waals surface area contributed by atoms with Crippen LogP contribution in [0.2, 0.25) is 0 Å². The van der Waals surface area contributed by atoms with Gasteiger partial charge in [-0.25, -0.2) is 9.97 Å². The lowest BCUT2D eigenvalue weighted by Crippen LogP contribution is -2.28. The zero-order valence-corrected chi connectivity index (χ0v) is 23.2. The topological polar surface area (TPSA) is 89.5 Å². The second-order valence-corrected chi connectivity index (χ2v) is 10.7. The Morgan fingerprint density at radius 2 is 1.82 bits per heavy atom. The first-order chi connectivity index (χ1) is 19.5. The van der Waals surface area contributed by atoms with Crippen LogP contribution in [0.3, 0.4) is 0 Å². The molecule has 1 saturated carbocycles. The molecule has 2 fully saturated rings. The molecule has 1 aliphatic carbocycles. The highest BCUT2D eigenvalue weighted by molar-refractivity contribution is 6.02. The second-order valence-electron chi connectivity index (χ2n) is 10.7. The Balaban J connectivity index is 1.28. The number of para-hydroxylation sites is 1. The van der Waals surface area contributed by atoms with E-state index in [0.717, 1.165) is 65.3 Å². The molecule has 1 amide bonds. The number of rotatable bonds is 9. The highest BCUT2D eigenvalue weighted by Gasteiger charge is 2.32. The van der Waals surface area contributed by atoms with Crippen molar-refractivity contribution in [1.82, 2.24) is 24.3 Å². The number of carbonyl (C=O) groups is 1. The summed E-state index contributed by atoms with van der Waals surface area (Å²) in [5.41, 5.74) is 10.5. The maximum absolute atomic E-state index is 13.0. The van der Waals surface area contributed by atoms with Crippen LogP contribution < -0.4 is 10.5 Å². The van der Waals surface area contributed by atoms with Gasteiger partial charge >= 0.3 is 0 Å². The van der Waals surface area contributed by atoms with Crippen LogP contribution in [-0.4, -0.2) is 63.0 Å². The van der Waals surface area contributed by atoms with Crippen molar-refractivity contribution < 1.29 is 9.53 Å². The monoisotopic (exact) mass is 536 g/mol. The Labute approximate surface area is 235 Å². The Hall–Kier alpha value is -4.17. The average Bonchev–Trinajstić information content (AvgIpc) is 3.61. The van der Waals surface area contributed by atoms with Gasteiger partial charge in [0.2, 0.25) is 5.91 Å². The van der Waals surface area contributed by atoms with Crippen LogP contribution >= 0.6 is 0 Å². The normalized spacial score (nSPS) is 17.4. The minimum absolute atomic E-state index is 0.0737. The van der Waals surface area contributed by atoms with Gasteiger partial charge in [0.05, 0.1) is 11.4 Å². The number of anilines is 1. The lowest BCUT2D eigenvalue weighted by Gasteiger charge is -2.19. The molecule has 2 N–H and O–H groups in total. The number of ether oxygens (including phenoxy) is 1. The molecule has 3 heterocycles. The number of amides is 1. The first-order valence-electron chi connectivity index (χ1n) is 14.2. The van der Waals surface area contributed by atoms with Crippen molar-refractivity contribution in [2.75, 3.05) is 32.4 Å². The minimum Gasteiger partial charge on any atom is -0.457 e. The Morgan fingerprint density at radius 1 is 1.07 bits per heavy atom. The van der Waals surface area contributed by atoms with Crippen molar-refractivity contribution in [3.63, 3.8) is 0 Å². The van der Waals surface area contributed by atoms with Gasteiger partial charge in [-0.15, -0.1) is 0 Å². The molecule has 40 heavy (non-hydrogen) atoms. The van der Waals surface area contributed by atoms with Crippen molar-refractivity contribution in [3.05, 3.63) is 78.8 Å². The summed E-state index contributed by atoms with van der Waals surface area (Å²) < 4.78 is 8.31. The highest BCUT2D eigenvalue weighted by Crippen LogP contribution is 2.41. The molecule has 2 aliphatic rings. The molecule has 206 valence electrons. The number of carbonyl (C=O) groups excluding carboxylic acids is 1. The van der Waals surface area contributed by atoms with Crippen LogP contribution in [0.5, 0.6) is 11.5 Å². The Bertz CT molecular complexity index is 1520. The second kappa shape index (κ2) is 11.1. The van der Waals surface area contributed by atoms with Gasteiger partial charge < -0.3 is 19.9 Å². The van der Waals surface area contributed by atoms with E-state index in [1.807, 2.05) is 53.4 Å². The van der Waals surface area contributed by atoms with Gasteiger partial charge in [-0.3, -0.25) is 9.69 Å². The molecular weight excluding hydrogens is 500 g/mol. The molecule has 4 aromatic rings. The van der Waals surface area contributed by atoms with Crippen molar-refractivity contribution in [2.45, 2.75) is 44.7 Å². The fraction of sp³-hybridized carbons (Fsp3) is 0.344. The van der Waals surface area contributed by atoms with Crippen LogP contribution in [0.25, 0.3) is 22.2 Å². The molecule has 8 heteroatoms. The van der Waals surface area contributed by atoms with Gasteiger partial charge in [0.15, 0.2) is 0 Å². The van der Waals surface area contributed by atoms with E-state index in [2.05, 4.69) is 40.6 Å². The average molecular weight is 537 g/mol. The number of hydrogen-bond donors (Lipinski definition) is 1. The summed E-state index contributed by atoms with van der Waals surface area (Å²) in [4.78, 5) is 26.3. The summed E-state index contributed by atoms with van der Waals surface area (Å²) in [6.07, 6.45) is 9.45. The lowest BCUT2D eigenvalue weighted by molar-refractivity contribution is -0.125. The minimum atomic E-state index is 0.0737. The quantitative estimate of drug-likeness (QED) is 0.286. The Morgan fingerprint density at radius 3 is 2.55 bits per heavy atom. The van der Waals surface area contributed by atoms with Crippen molar-refractivity contribution in [2.24, 2.45) is 0 Å². The smallest absolute Gasteiger partial charge is 0.246 e. The number of benzene rings is 2. The highest BCUT2D eigenvalue weighted by atomic mass is 16.5. The van der Waals surface area contributed by atoms with Crippen molar-refractivity contribution >= 4 is 22.8 Å². The summed E-state index contributed by atoms with van der Waals surface area (Å²) in [6.45, 7) is 4.33. The molecule has 0 radical (unpaired) electrons. The van der Waals surface area contributed by atoms with E-state index in [1.165, 1.54) is 19.2 Å². The summed E-state index contributed by atoms with van der Waals surface area (Å²) in [5.74, 6) is 2.10. The van der Waals surface area contributed by atoms with Crippen molar-refractivity contribution in [3.8, 4) is 22.6 Å². The molecule has 8 nitrogen and oxygen atoms in total. The zero-order chi connectivity index (χ0) is 27.6. The largest absolute Gasteiger partial charge is 0.457 e. The van der Waals surface area contributed by atoms with Crippen LogP contribution in [0, 0.1) is 0 Å². The molecule has 1 unspecified atom stereocenters. The predicted octanol–water partition coefficient (Wildman–Crippen LogP) is 5.46. The lowest BCUT2D eigenvalue weighted by atomic mass is 10.0. The van der Waals surface area contributed by atoms with Crippen molar-refractivity contribution in [1.29, 1.82) is 0 Å². The van der Waals surface area contributed by atoms with E-state index in [9.17, 15) is 4.79 Å². The van der Waals surface area contributed by atoms with E-state index in [1.54, 1.807) is 6.08 Å². The zero-order valence-electron chi connectivity index (χ0n) is 23.2. The summed E-state index contributed by atoms with van der Waals surface area (Å²) in [5, 5.41) is 0.865. The van der Waals surface area contributed by atoms with Gasteiger partial charge in [-0.05, 0) is 62.6 Å². The molecule has 1 saturated heterocycles. The number of nitrogens with zero attached hydrogens (tertiary/aromatic N) is 5. The van der Waals surface area contributed by atoms with Gasteiger partial charge in [-0.1, -0.05) is 43.3 Å². The number of nitrogen functional groups attached to an aromatic ring is 1. The number of hydrogen-bond acceptors (Lipinski definition) is 6. The van der Waals surface area contributed by atoms with Crippen LogP contribution in [0.15, 0.2) is 73.1 Å². The van der Waals surface area contributed by atoms with Gasteiger partial charge in [-0.2, -0.15) is 0 Å². The van der Waals surface area contributed by atoms with Crippen LogP contribution in [0.4, 0.5) is 5.82 Å². The molecule has 1 aliphatic heterocycles. The predicted molar refractivity (Wildman–Crippen MR) is 158 cm³/mol. The molecule has 2 aromatic carbocycles. The van der Waals surface area contributed by atoms with Gasteiger partial charge in [0, 0.05) is 43.0 Å². The fourth-order valence-electron chi connectivity index (χ4n) is 5.81. The maximum Gasteiger partial charge on any atom is 0.246 e. The van der Waals surface area contributed by atoms with Gasteiger partial charge in [0.1, 0.15) is 29.3 Å². The maximum atomic E-state index is 13.0. The number of likely N-dealkylation sites (N-methyl/N-ethyl adjacent to an activating group) is 1. The molecule has 2 aromatic heterocycles. The first-order valence-corrected chi connectivity index (χ1v) is 14.2. The third-order valence-corrected chi connectivity index (χ3v) is 8.04. The molecule has 6 rings (SSSR count). The third-order valence-electron chi connectivity index (χ3n) is 8.04. The summed E-state index contributed by atoms with van der Waals surface area (Å²) in [6, 6.07) is 18.6. The number of fused-ring (bicyclic) bond motifs is 1. The molecule has 1 atom stereocenters. The molecule has 0 bridgehead atoms. The molecule has 0 spiro atoms.